The van der Waals surface area contributed by atoms with Crippen LogP contribution < -0.4 is 5.32 Å². The summed E-state index contributed by atoms with van der Waals surface area (Å²) in [5.41, 5.74) is 0.447. The molecule has 0 radical (unpaired) electrons. The Kier molecular flexibility index (Phi) is 4.04. The molecule has 0 bridgehead atoms. The molecule has 0 aliphatic carbocycles. The first-order valence-corrected chi connectivity index (χ1v) is 7.52. The maximum absolute atomic E-state index is 12.4. The van der Waals surface area contributed by atoms with Gasteiger partial charge in [0.05, 0.1) is 17.6 Å². The van der Waals surface area contributed by atoms with Gasteiger partial charge in [0.15, 0.2) is 5.54 Å². The molecule has 0 saturated heterocycles. The first-order chi connectivity index (χ1) is 11.5. The number of nitrogens with one attached hydrogen (secondary N) is 2. The Balaban J connectivity index is 1.83. The van der Waals surface area contributed by atoms with Crippen LogP contribution in [0.15, 0.2) is 54.6 Å². The van der Waals surface area contributed by atoms with Crippen molar-refractivity contribution in [3.63, 3.8) is 0 Å². The number of para-hydroxylation sites is 1. The maximum Gasteiger partial charge on any atom is 0.333 e. The highest BCUT2D eigenvalue weighted by Gasteiger charge is 2.36. The predicted octanol–water partition coefficient (Wildman–Crippen LogP) is 2.22. The molecule has 3 aromatic rings. The van der Waals surface area contributed by atoms with E-state index in [2.05, 4.69) is 15.5 Å². The van der Waals surface area contributed by atoms with Gasteiger partial charge in [-0.25, -0.2) is 4.79 Å². The van der Waals surface area contributed by atoms with E-state index in [1.807, 2.05) is 24.3 Å². The Labute approximate surface area is 138 Å². The number of H-pyrrole nitrogens is 1. The van der Waals surface area contributed by atoms with Gasteiger partial charge in [0.25, 0.3) is 0 Å². The number of aromatic nitrogens is 2. The van der Waals surface area contributed by atoms with E-state index in [-0.39, 0.29) is 6.42 Å². The van der Waals surface area contributed by atoms with Gasteiger partial charge in [0.1, 0.15) is 0 Å². The number of rotatable bonds is 5. The molecule has 6 nitrogen and oxygen atoms in total. The van der Waals surface area contributed by atoms with Gasteiger partial charge in [-0.2, -0.15) is 5.10 Å². The fraction of sp³-hybridized carbons (Fsp3) is 0.167. The Hall–Kier alpha value is -3.15. The first-order valence-electron chi connectivity index (χ1n) is 7.52. The van der Waals surface area contributed by atoms with Gasteiger partial charge in [0, 0.05) is 5.39 Å². The minimum Gasteiger partial charge on any atom is -0.479 e. The van der Waals surface area contributed by atoms with Gasteiger partial charge in [0.2, 0.25) is 5.91 Å². The normalized spacial score (nSPS) is 13.4. The minimum absolute atomic E-state index is 0.0240. The van der Waals surface area contributed by atoms with Crippen molar-refractivity contribution in [2.45, 2.75) is 18.9 Å². The summed E-state index contributed by atoms with van der Waals surface area (Å²) in [5, 5.41) is 20.1. The second-order valence-corrected chi connectivity index (χ2v) is 5.74. The summed E-state index contributed by atoms with van der Waals surface area (Å²) in [5.74, 6) is -1.50. The lowest BCUT2D eigenvalue weighted by atomic mass is 9.92. The summed E-state index contributed by atoms with van der Waals surface area (Å²) in [6.07, 6.45) is 0.0240. The number of amides is 1. The second-order valence-electron chi connectivity index (χ2n) is 5.74. The number of aliphatic carboxylic acids is 1. The van der Waals surface area contributed by atoms with Crippen molar-refractivity contribution in [3.8, 4) is 0 Å². The van der Waals surface area contributed by atoms with Crippen LogP contribution in [0, 0.1) is 0 Å². The largest absolute Gasteiger partial charge is 0.479 e. The fourth-order valence-electron chi connectivity index (χ4n) is 2.65. The van der Waals surface area contributed by atoms with E-state index >= 15 is 0 Å². The predicted molar refractivity (Wildman–Crippen MR) is 89.4 cm³/mol. The van der Waals surface area contributed by atoms with Crippen LogP contribution in [-0.2, 0) is 21.5 Å². The zero-order chi connectivity index (χ0) is 17.2. The lowest BCUT2D eigenvalue weighted by Crippen LogP contribution is -2.50. The van der Waals surface area contributed by atoms with Crippen molar-refractivity contribution < 1.29 is 14.7 Å². The molecule has 6 heteroatoms. The van der Waals surface area contributed by atoms with Gasteiger partial charge in [-0.05, 0) is 18.6 Å². The highest BCUT2D eigenvalue weighted by atomic mass is 16.4. The van der Waals surface area contributed by atoms with Crippen LogP contribution >= 0.6 is 0 Å². The van der Waals surface area contributed by atoms with Crippen molar-refractivity contribution in [1.29, 1.82) is 0 Å². The Bertz CT molecular complexity index is 889. The number of hydrogen-bond donors (Lipinski definition) is 3. The lowest BCUT2D eigenvalue weighted by Gasteiger charge is -2.26. The number of carboxylic acid groups (broad SMARTS) is 1. The summed E-state index contributed by atoms with van der Waals surface area (Å²) in [6.45, 7) is 1.48. The molecule has 2 aromatic carbocycles. The zero-order valence-electron chi connectivity index (χ0n) is 13.1. The molecule has 0 spiro atoms. The summed E-state index contributed by atoms with van der Waals surface area (Å²) < 4.78 is 0. The van der Waals surface area contributed by atoms with Crippen molar-refractivity contribution in [1.82, 2.24) is 15.5 Å². The first kappa shape index (κ1) is 15.7. The number of aromatic amines is 1. The molecule has 1 unspecified atom stereocenters. The molecule has 1 amide bonds. The number of benzene rings is 2. The molecule has 24 heavy (non-hydrogen) atoms. The molecular weight excluding hydrogens is 306 g/mol. The smallest absolute Gasteiger partial charge is 0.333 e. The van der Waals surface area contributed by atoms with Gasteiger partial charge >= 0.3 is 5.97 Å². The van der Waals surface area contributed by atoms with E-state index in [4.69, 9.17) is 0 Å². The Morgan fingerprint density at radius 1 is 1.12 bits per heavy atom. The van der Waals surface area contributed by atoms with Crippen LogP contribution in [0.5, 0.6) is 0 Å². The second kappa shape index (κ2) is 6.16. The Morgan fingerprint density at radius 3 is 2.50 bits per heavy atom. The Morgan fingerprint density at radius 2 is 1.79 bits per heavy atom. The average Bonchev–Trinajstić information content (AvgIpc) is 2.98. The molecule has 1 heterocycles. The van der Waals surface area contributed by atoms with Crippen LogP contribution in [0.3, 0.4) is 0 Å². The standard InChI is InChI=1S/C18H17N3O3/c1-18(17(23)24,12-7-3-2-4-8-12)19-16(22)11-15-13-9-5-6-10-14(13)20-21-15/h2-10H,11H2,1H3,(H,19,22)(H,20,21)(H,23,24). The van der Waals surface area contributed by atoms with Gasteiger partial charge in [-0.15, -0.1) is 0 Å². The van der Waals surface area contributed by atoms with E-state index < -0.39 is 17.4 Å². The van der Waals surface area contributed by atoms with Gasteiger partial charge < -0.3 is 10.4 Å². The topological polar surface area (TPSA) is 95.1 Å². The van der Waals surface area contributed by atoms with Crippen molar-refractivity contribution in [2.24, 2.45) is 0 Å². The van der Waals surface area contributed by atoms with Crippen molar-refractivity contribution >= 4 is 22.8 Å². The molecule has 0 aliphatic heterocycles. The molecular formula is C18H17N3O3. The monoisotopic (exact) mass is 323 g/mol. The van der Waals surface area contributed by atoms with E-state index in [0.717, 1.165) is 10.9 Å². The van der Waals surface area contributed by atoms with Crippen LogP contribution in [-0.4, -0.2) is 27.2 Å². The molecule has 0 saturated carbocycles. The van der Waals surface area contributed by atoms with Crippen molar-refractivity contribution in [3.05, 3.63) is 65.9 Å². The number of carbonyl (C=O) groups excluding carboxylic acids is 1. The van der Waals surface area contributed by atoms with Gasteiger partial charge in [-0.1, -0.05) is 48.5 Å². The highest BCUT2D eigenvalue weighted by Crippen LogP contribution is 2.22. The van der Waals surface area contributed by atoms with Crippen LogP contribution in [0.4, 0.5) is 0 Å². The fourth-order valence-corrected chi connectivity index (χ4v) is 2.65. The summed E-state index contributed by atoms with van der Waals surface area (Å²) in [4.78, 5) is 24.2. The van der Waals surface area contributed by atoms with E-state index in [1.54, 1.807) is 30.3 Å². The number of nitrogens with zero attached hydrogens (tertiary/aromatic N) is 1. The van der Waals surface area contributed by atoms with E-state index in [9.17, 15) is 14.7 Å². The molecule has 122 valence electrons. The third-order valence-corrected chi connectivity index (χ3v) is 4.05. The number of carbonyl (C=O) groups is 2. The van der Waals surface area contributed by atoms with E-state index in [0.29, 0.717) is 11.3 Å². The van der Waals surface area contributed by atoms with Crippen molar-refractivity contribution in [2.75, 3.05) is 0 Å². The van der Waals surface area contributed by atoms with Crippen LogP contribution in [0.25, 0.3) is 10.9 Å². The van der Waals surface area contributed by atoms with E-state index in [1.165, 1.54) is 6.92 Å². The molecule has 1 atom stereocenters. The van der Waals surface area contributed by atoms with Crippen LogP contribution in [0.2, 0.25) is 0 Å². The molecule has 3 rings (SSSR count). The molecule has 0 aliphatic rings. The third kappa shape index (κ3) is 2.86. The molecule has 3 N–H and O–H groups in total. The summed E-state index contributed by atoms with van der Waals surface area (Å²) in [7, 11) is 0. The number of carboxylic acids is 1. The summed E-state index contributed by atoms with van der Waals surface area (Å²) >= 11 is 0. The molecule has 0 fully saturated rings. The zero-order valence-corrected chi connectivity index (χ0v) is 13.1. The average molecular weight is 323 g/mol. The third-order valence-electron chi connectivity index (χ3n) is 4.05. The summed E-state index contributed by atoms with van der Waals surface area (Å²) in [6, 6.07) is 16.1. The maximum atomic E-state index is 12.4. The SMILES string of the molecule is CC(NC(=O)Cc1[nH]nc2ccccc12)(C(=O)O)c1ccccc1. The quantitative estimate of drug-likeness (QED) is 0.671. The number of fused-ring (bicyclic) bond motifs is 1. The van der Waals surface area contributed by atoms with Crippen LogP contribution in [0.1, 0.15) is 18.2 Å². The van der Waals surface area contributed by atoms with Gasteiger partial charge in [-0.3, -0.25) is 9.89 Å². The highest BCUT2D eigenvalue weighted by molar-refractivity contribution is 5.91. The minimum atomic E-state index is -1.49. The number of hydrogen-bond acceptors (Lipinski definition) is 3. The molecule has 1 aromatic heterocycles. The lowest BCUT2D eigenvalue weighted by molar-refractivity contribution is -0.147.